The molecule has 0 bridgehead atoms. The Kier molecular flexibility index (Phi) is 4.84. The van der Waals surface area contributed by atoms with E-state index in [1.807, 2.05) is 48.5 Å². The molecule has 0 radical (unpaired) electrons. The van der Waals surface area contributed by atoms with Crippen molar-refractivity contribution >= 4 is 21.5 Å². The molecule has 1 heterocycles. The largest absolute Gasteiger partial charge is 0.487 e. The Hall–Kier alpha value is -2.09. The number of fused-ring (bicyclic) bond motifs is 2. The molecule has 144 valence electrons. The van der Waals surface area contributed by atoms with Crippen LogP contribution in [0.15, 0.2) is 48.5 Å². The summed E-state index contributed by atoms with van der Waals surface area (Å²) in [4.78, 5) is 2.08. The molecule has 2 aliphatic rings. The van der Waals surface area contributed by atoms with E-state index in [9.17, 15) is 13.5 Å². The molecule has 4 rings (SSSR count). The van der Waals surface area contributed by atoms with Crippen LogP contribution in [0.4, 0.5) is 11.4 Å². The van der Waals surface area contributed by atoms with Gasteiger partial charge in [0.25, 0.3) is 10.1 Å². The Morgan fingerprint density at radius 3 is 2.56 bits per heavy atom. The van der Waals surface area contributed by atoms with Crippen LogP contribution in [0.3, 0.4) is 0 Å². The summed E-state index contributed by atoms with van der Waals surface area (Å²) in [5.41, 5.74) is 2.85. The summed E-state index contributed by atoms with van der Waals surface area (Å²) < 4.78 is 34.4. The van der Waals surface area contributed by atoms with Crippen molar-refractivity contribution in [1.29, 1.82) is 0 Å². The van der Waals surface area contributed by atoms with Crippen molar-refractivity contribution < 1.29 is 22.4 Å². The molecule has 1 N–H and O–H groups in total. The van der Waals surface area contributed by atoms with Crippen LogP contribution in [-0.4, -0.2) is 38.0 Å². The number of hydrogen-bond donors (Lipinski definition) is 1. The van der Waals surface area contributed by atoms with Crippen molar-refractivity contribution in [1.82, 2.24) is 0 Å². The van der Waals surface area contributed by atoms with Gasteiger partial charge in [-0.1, -0.05) is 30.3 Å². The molecule has 0 unspecified atom stereocenters. The minimum absolute atomic E-state index is 0.311. The Morgan fingerprint density at radius 1 is 1.07 bits per heavy atom. The Morgan fingerprint density at radius 2 is 1.78 bits per heavy atom. The maximum absolute atomic E-state index is 11.6. The van der Waals surface area contributed by atoms with Crippen LogP contribution >= 0.6 is 0 Å². The molecule has 1 aliphatic carbocycles. The van der Waals surface area contributed by atoms with Gasteiger partial charge in [-0.25, -0.2) is 0 Å². The third-order valence-corrected chi connectivity index (χ3v) is 5.75. The van der Waals surface area contributed by atoms with Crippen LogP contribution in [-0.2, 0) is 20.9 Å². The van der Waals surface area contributed by atoms with Gasteiger partial charge in [-0.15, -0.1) is 0 Å². The first-order valence-electron chi connectivity index (χ1n) is 9.09. The van der Waals surface area contributed by atoms with Crippen molar-refractivity contribution in [3.8, 4) is 5.75 Å². The zero-order valence-electron chi connectivity index (χ0n) is 15.1. The predicted octanol–water partition coefficient (Wildman–Crippen LogP) is 2.98. The third kappa shape index (κ3) is 3.67. The van der Waals surface area contributed by atoms with Crippen LogP contribution in [0, 0.1) is 0 Å². The van der Waals surface area contributed by atoms with E-state index < -0.39 is 22.3 Å². The van der Waals surface area contributed by atoms with Crippen LogP contribution < -0.4 is 9.64 Å². The lowest BCUT2D eigenvalue weighted by Gasteiger charge is -2.42. The SMILES string of the molecule is CS(=O)(=O)O[C@H]1CCC[C@H](N2c3ccccc3COc3ccccc32)[C@H]1O. The van der Waals surface area contributed by atoms with E-state index in [2.05, 4.69) is 4.90 Å². The predicted molar refractivity (Wildman–Crippen MR) is 103 cm³/mol. The minimum Gasteiger partial charge on any atom is -0.487 e. The fourth-order valence-corrected chi connectivity index (χ4v) is 4.68. The van der Waals surface area contributed by atoms with Crippen LogP contribution in [0.5, 0.6) is 5.75 Å². The Balaban J connectivity index is 1.78. The molecule has 1 fully saturated rings. The standard InChI is InChI=1S/C20H23NO5S/c1-27(23,24)26-19-12-6-10-17(20(19)22)21-15-8-3-2-7-14(15)13-25-18-11-5-4-9-16(18)21/h2-5,7-9,11,17,19-20,22H,6,10,12-13H2,1H3/t17-,19-,20+/m0/s1. The lowest BCUT2D eigenvalue weighted by Crippen LogP contribution is -2.51. The van der Waals surface area contributed by atoms with Gasteiger partial charge in [-0.2, -0.15) is 8.42 Å². The number of para-hydroxylation sites is 3. The number of aliphatic hydroxyl groups excluding tert-OH is 1. The molecule has 27 heavy (non-hydrogen) atoms. The first-order valence-corrected chi connectivity index (χ1v) is 10.9. The average molecular weight is 389 g/mol. The molecular formula is C20H23NO5S. The second-order valence-corrected chi connectivity index (χ2v) is 8.68. The van der Waals surface area contributed by atoms with E-state index in [0.717, 1.165) is 41.8 Å². The molecule has 0 spiro atoms. The van der Waals surface area contributed by atoms with E-state index in [-0.39, 0.29) is 6.04 Å². The number of anilines is 2. The van der Waals surface area contributed by atoms with Gasteiger partial charge in [0.15, 0.2) is 0 Å². The molecule has 1 saturated carbocycles. The van der Waals surface area contributed by atoms with Gasteiger partial charge in [0.05, 0.1) is 18.0 Å². The quantitative estimate of drug-likeness (QED) is 0.814. The smallest absolute Gasteiger partial charge is 0.264 e. The number of ether oxygens (including phenoxy) is 1. The van der Waals surface area contributed by atoms with Crippen LogP contribution in [0.25, 0.3) is 0 Å². The topological polar surface area (TPSA) is 76.1 Å². The highest BCUT2D eigenvalue weighted by molar-refractivity contribution is 7.86. The van der Waals surface area contributed by atoms with Gasteiger partial charge in [0, 0.05) is 11.3 Å². The lowest BCUT2D eigenvalue weighted by atomic mass is 9.88. The molecule has 2 aromatic carbocycles. The van der Waals surface area contributed by atoms with E-state index in [0.29, 0.717) is 13.0 Å². The van der Waals surface area contributed by atoms with Crippen molar-refractivity contribution in [2.24, 2.45) is 0 Å². The number of hydrogen-bond acceptors (Lipinski definition) is 6. The van der Waals surface area contributed by atoms with Gasteiger partial charge < -0.3 is 14.7 Å². The van der Waals surface area contributed by atoms with Gasteiger partial charge in [-0.3, -0.25) is 4.18 Å². The minimum atomic E-state index is -3.64. The van der Waals surface area contributed by atoms with Gasteiger partial charge >= 0.3 is 0 Å². The summed E-state index contributed by atoms with van der Waals surface area (Å²) in [6.07, 6.45) is 1.35. The molecule has 0 aromatic heterocycles. The van der Waals surface area contributed by atoms with Gasteiger partial charge in [-0.05, 0) is 37.5 Å². The fraction of sp³-hybridized carbons (Fsp3) is 0.400. The van der Waals surface area contributed by atoms with Crippen molar-refractivity contribution in [3.63, 3.8) is 0 Å². The van der Waals surface area contributed by atoms with E-state index in [1.165, 1.54) is 0 Å². The van der Waals surface area contributed by atoms with Crippen LogP contribution in [0.2, 0.25) is 0 Å². The number of nitrogens with zero attached hydrogens (tertiary/aromatic N) is 1. The molecule has 3 atom stereocenters. The highest BCUT2D eigenvalue weighted by Crippen LogP contribution is 2.43. The zero-order chi connectivity index (χ0) is 19.0. The van der Waals surface area contributed by atoms with Gasteiger partial charge in [0.2, 0.25) is 0 Å². The zero-order valence-corrected chi connectivity index (χ0v) is 15.9. The summed E-state index contributed by atoms with van der Waals surface area (Å²) in [6, 6.07) is 15.3. The third-order valence-electron chi connectivity index (χ3n) is 5.15. The average Bonchev–Trinajstić information content (AvgIpc) is 2.80. The summed E-state index contributed by atoms with van der Waals surface area (Å²) in [5, 5.41) is 11.0. The van der Waals surface area contributed by atoms with E-state index in [4.69, 9.17) is 8.92 Å². The number of aliphatic hydroxyl groups is 1. The normalized spacial score (nSPS) is 25.1. The Labute approximate surface area is 159 Å². The van der Waals surface area contributed by atoms with Crippen molar-refractivity contribution in [2.75, 3.05) is 11.2 Å². The van der Waals surface area contributed by atoms with E-state index in [1.54, 1.807) is 0 Å². The first kappa shape index (κ1) is 18.3. The van der Waals surface area contributed by atoms with E-state index >= 15 is 0 Å². The summed E-state index contributed by atoms with van der Waals surface area (Å²) in [6.45, 7) is 0.440. The Bertz CT molecular complexity index is 882. The molecule has 6 nitrogen and oxygen atoms in total. The highest BCUT2D eigenvalue weighted by atomic mass is 32.2. The molecule has 0 amide bonds. The second kappa shape index (κ2) is 7.14. The second-order valence-electron chi connectivity index (χ2n) is 7.08. The number of rotatable bonds is 3. The van der Waals surface area contributed by atoms with Crippen LogP contribution in [0.1, 0.15) is 24.8 Å². The molecule has 1 aliphatic heterocycles. The maximum Gasteiger partial charge on any atom is 0.264 e. The first-order chi connectivity index (χ1) is 12.9. The lowest BCUT2D eigenvalue weighted by molar-refractivity contribution is -0.00195. The number of benzene rings is 2. The molecular weight excluding hydrogens is 366 g/mol. The van der Waals surface area contributed by atoms with Gasteiger partial charge in [0.1, 0.15) is 24.6 Å². The van der Waals surface area contributed by atoms with Crippen molar-refractivity contribution in [2.45, 2.75) is 44.1 Å². The monoisotopic (exact) mass is 389 g/mol. The fourth-order valence-electron chi connectivity index (χ4n) is 4.02. The van der Waals surface area contributed by atoms with Crippen molar-refractivity contribution in [3.05, 3.63) is 54.1 Å². The molecule has 2 aromatic rings. The highest BCUT2D eigenvalue weighted by Gasteiger charge is 2.40. The summed E-state index contributed by atoms with van der Waals surface area (Å²) in [5.74, 6) is 0.743. The maximum atomic E-state index is 11.6. The summed E-state index contributed by atoms with van der Waals surface area (Å²) in [7, 11) is -3.64. The molecule has 7 heteroatoms. The summed E-state index contributed by atoms with van der Waals surface area (Å²) >= 11 is 0. The molecule has 0 saturated heterocycles.